The molecule has 0 aliphatic heterocycles. The summed E-state index contributed by atoms with van der Waals surface area (Å²) in [5.74, 6) is -0.238. The van der Waals surface area contributed by atoms with Crippen molar-refractivity contribution in [2.24, 2.45) is 0 Å². The first kappa shape index (κ1) is 20.6. The predicted octanol–water partition coefficient (Wildman–Crippen LogP) is 4.38. The Morgan fingerprint density at radius 3 is 2.28 bits per heavy atom. The molecular weight excluding hydrogens is 384 g/mol. The van der Waals surface area contributed by atoms with Gasteiger partial charge in [-0.25, -0.2) is 8.42 Å². The average Bonchev–Trinajstić information content (AvgIpc) is 2.69. The van der Waals surface area contributed by atoms with Crippen molar-refractivity contribution in [2.45, 2.75) is 25.3 Å². The quantitative estimate of drug-likeness (QED) is 0.658. The number of benzene rings is 3. The van der Waals surface area contributed by atoms with Gasteiger partial charge >= 0.3 is 0 Å². The second-order valence-corrected chi connectivity index (χ2v) is 8.83. The van der Waals surface area contributed by atoms with Crippen molar-refractivity contribution < 1.29 is 13.2 Å². The second-order valence-electron chi connectivity index (χ2n) is 7.15. The first-order chi connectivity index (χ1) is 13.7. The highest BCUT2D eigenvalue weighted by Gasteiger charge is 2.18. The summed E-state index contributed by atoms with van der Waals surface area (Å²) >= 11 is 0. The van der Waals surface area contributed by atoms with Crippen molar-refractivity contribution in [1.82, 2.24) is 4.90 Å². The van der Waals surface area contributed by atoms with Crippen molar-refractivity contribution in [2.75, 3.05) is 11.8 Å². The maximum atomic E-state index is 12.8. The van der Waals surface area contributed by atoms with E-state index in [4.69, 9.17) is 0 Å². The zero-order valence-electron chi connectivity index (χ0n) is 16.7. The van der Waals surface area contributed by atoms with Crippen molar-refractivity contribution in [3.8, 4) is 0 Å². The number of nitrogens with one attached hydrogen (secondary N) is 1. The van der Waals surface area contributed by atoms with E-state index in [2.05, 4.69) is 4.72 Å². The Kier molecular flexibility index (Phi) is 6.03. The Morgan fingerprint density at radius 2 is 1.59 bits per heavy atom. The zero-order chi connectivity index (χ0) is 21.0. The summed E-state index contributed by atoms with van der Waals surface area (Å²) in [5, 5.41) is 0. The number of nitrogens with zero attached hydrogens (tertiary/aromatic N) is 1. The maximum Gasteiger partial charge on any atom is 0.261 e. The third-order valence-corrected chi connectivity index (χ3v) is 5.93. The minimum atomic E-state index is -3.80. The summed E-state index contributed by atoms with van der Waals surface area (Å²) in [6, 6.07) is 21.2. The summed E-state index contributed by atoms with van der Waals surface area (Å²) in [5.41, 5.74) is 3.93. The standard InChI is InChI=1S/C23H24N2O3S/c1-17-10-12-19(13-11-17)16-25(3)23(26)20-7-5-9-22(15-20)29(27,28)24-21-8-4-6-18(2)14-21/h4-15,24H,16H2,1-3H3. The number of hydrogen-bond acceptors (Lipinski definition) is 3. The van der Waals surface area contributed by atoms with Crippen LogP contribution in [0, 0.1) is 13.8 Å². The molecular formula is C23H24N2O3S. The number of hydrogen-bond donors (Lipinski definition) is 1. The first-order valence-electron chi connectivity index (χ1n) is 9.25. The normalized spacial score (nSPS) is 11.1. The Bertz CT molecular complexity index is 1120. The lowest BCUT2D eigenvalue weighted by atomic mass is 10.1. The van der Waals surface area contributed by atoms with Crippen LogP contribution < -0.4 is 4.72 Å². The lowest BCUT2D eigenvalue weighted by Crippen LogP contribution is -2.26. The van der Waals surface area contributed by atoms with Crippen molar-refractivity contribution in [1.29, 1.82) is 0 Å². The lowest BCUT2D eigenvalue weighted by molar-refractivity contribution is 0.0785. The average molecular weight is 409 g/mol. The Balaban J connectivity index is 1.78. The Morgan fingerprint density at radius 1 is 0.897 bits per heavy atom. The van der Waals surface area contributed by atoms with Crippen LogP contribution in [-0.2, 0) is 16.6 Å². The molecule has 0 aliphatic carbocycles. The molecule has 5 nitrogen and oxygen atoms in total. The predicted molar refractivity (Wildman–Crippen MR) is 115 cm³/mol. The number of amides is 1. The van der Waals surface area contributed by atoms with Crippen LogP contribution in [0.2, 0.25) is 0 Å². The van der Waals surface area contributed by atoms with Gasteiger partial charge in [0, 0.05) is 24.8 Å². The highest BCUT2D eigenvalue weighted by molar-refractivity contribution is 7.92. The summed E-state index contributed by atoms with van der Waals surface area (Å²) in [6.45, 7) is 4.34. The molecule has 0 saturated carbocycles. The molecule has 0 aromatic heterocycles. The van der Waals surface area contributed by atoms with E-state index in [1.807, 2.05) is 44.2 Å². The number of anilines is 1. The number of aryl methyl sites for hydroxylation is 2. The van der Waals surface area contributed by atoms with Crippen LogP contribution in [0.3, 0.4) is 0 Å². The van der Waals surface area contributed by atoms with Crippen LogP contribution in [0.4, 0.5) is 5.69 Å². The first-order valence-corrected chi connectivity index (χ1v) is 10.7. The van der Waals surface area contributed by atoms with E-state index in [1.54, 1.807) is 42.3 Å². The molecule has 1 N–H and O–H groups in total. The molecule has 3 aromatic rings. The van der Waals surface area contributed by atoms with Gasteiger partial charge in [0.1, 0.15) is 0 Å². The van der Waals surface area contributed by atoms with Crippen molar-refractivity contribution >= 4 is 21.6 Å². The van der Waals surface area contributed by atoms with E-state index in [1.165, 1.54) is 12.1 Å². The molecule has 6 heteroatoms. The van der Waals surface area contributed by atoms with Crippen LogP contribution >= 0.6 is 0 Å². The van der Waals surface area contributed by atoms with E-state index >= 15 is 0 Å². The van der Waals surface area contributed by atoms with E-state index in [0.29, 0.717) is 17.8 Å². The fourth-order valence-electron chi connectivity index (χ4n) is 2.98. The van der Waals surface area contributed by atoms with Crippen LogP contribution in [0.1, 0.15) is 27.0 Å². The van der Waals surface area contributed by atoms with Gasteiger partial charge < -0.3 is 4.90 Å². The molecule has 0 bridgehead atoms. The fourth-order valence-corrected chi connectivity index (χ4v) is 4.07. The number of carbonyl (C=O) groups excluding carboxylic acids is 1. The van der Waals surface area contributed by atoms with E-state index in [-0.39, 0.29) is 10.8 Å². The second kappa shape index (κ2) is 8.49. The summed E-state index contributed by atoms with van der Waals surface area (Å²) in [7, 11) is -2.09. The number of rotatable bonds is 6. The molecule has 29 heavy (non-hydrogen) atoms. The van der Waals surface area contributed by atoms with Crippen LogP contribution in [-0.4, -0.2) is 26.3 Å². The molecule has 0 heterocycles. The summed E-state index contributed by atoms with van der Waals surface area (Å²) < 4.78 is 28.1. The van der Waals surface area contributed by atoms with Gasteiger partial charge in [-0.1, -0.05) is 48.0 Å². The molecule has 0 fully saturated rings. The van der Waals surface area contributed by atoms with Crippen LogP contribution in [0.15, 0.2) is 77.7 Å². The van der Waals surface area contributed by atoms with Gasteiger partial charge in [-0.15, -0.1) is 0 Å². The molecule has 0 spiro atoms. The minimum Gasteiger partial charge on any atom is -0.337 e. The van der Waals surface area contributed by atoms with E-state index < -0.39 is 10.0 Å². The molecule has 0 unspecified atom stereocenters. The SMILES string of the molecule is Cc1ccc(CN(C)C(=O)c2cccc(S(=O)(=O)Nc3cccc(C)c3)c2)cc1. The maximum absolute atomic E-state index is 12.8. The molecule has 1 amide bonds. The van der Waals surface area contributed by atoms with Gasteiger partial charge in [0.2, 0.25) is 0 Å². The van der Waals surface area contributed by atoms with Gasteiger partial charge in [-0.2, -0.15) is 0 Å². The van der Waals surface area contributed by atoms with Gasteiger partial charge in [0.15, 0.2) is 0 Å². The molecule has 0 aliphatic rings. The summed E-state index contributed by atoms with van der Waals surface area (Å²) in [4.78, 5) is 14.4. The third-order valence-electron chi connectivity index (χ3n) is 4.55. The zero-order valence-corrected chi connectivity index (χ0v) is 17.5. The fraction of sp³-hybridized carbons (Fsp3) is 0.174. The minimum absolute atomic E-state index is 0.0496. The van der Waals surface area contributed by atoms with E-state index in [9.17, 15) is 13.2 Å². The smallest absolute Gasteiger partial charge is 0.261 e. The Hall–Kier alpha value is -3.12. The highest BCUT2D eigenvalue weighted by atomic mass is 32.2. The van der Waals surface area contributed by atoms with Gasteiger partial charge in [0.25, 0.3) is 15.9 Å². The molecule has 150 valence electrons. The molecule has 3 rings (SSSR count). The highest BCUT2D eigenvalue weighted by Crippen LogP contribution is 2.19. The molecule has 3 aromatic carbocycles. The van der Waals surface area contributed by atoms with Gasteiger partial charge in [0.05, 0.1) is 4.90 Å². The van der Waals surface area contributed by atoms with Crippen LogP contribution in [0.25, 0.3) is 0 Å². The van der Waals surface area contributed by atoms with Gasteiger partial charge in [-0.05, 0) is 55.3 Å². The third kappa shape index (κ3) is 5.23. The topological polar surface area (TPSA) is 66.5 Å². The molecule has 0 atom stereocenters. The molecule has 0 radical (unpaired) electrons. The largest absolute Gasteiger partial charge is 0.337 e. The van der Waals surface area contributed by atoms with Crippen molar-refractivity contribution in [3.05, 3.63) is 95.1 Å². The van der Waals surface area contributed by atoms with Crippen molar-refractivity contribution in [3.63, 3.8) is 0 Å². The van der Waals surface area contributed by atoms with Gasteiger partial charge in [-0.3, -0.25) is 9.52 Å². The molecule has 0 saturated heterocycles. The van der Waals surface area contributed by atoms with E-state index in [0.717, 1.165) is 16.7 Å². The van der Waals surface area contributed by atoms with Crippen LogP contribution in [0.5, 0.6) is 0 Å². The number of sulfonamides is 1. The monoisotopic (exact) mass is 408 g/mol. The number of carbonyl (C=O) groups is 1. The lowest BCUT2D eigenvalue weighted by Gasteiger charge is -2.18. The Labute approximate surface area is 172 Å². The summed E-state index contributed by atoms with van der Waals surface area (Å²) in [6.07, 6.45) is 0.